The maximum Gasteiger partial charge on any atom is 0.271 e. The highest BCUT2D eigenvalue weighted by Gasteiger charge is 2.20. The van der Waals surface area contributed by atoms with E-state index >= 15 is 0 Å². The van der Waals surface area contributed by atoms with Crippen LogP contribution in [0.2, 0.25) is 0 Å². The summed E-state index contributed by atoms with van der Waals surface area (Å²) < 4.78 is 0. The second kappa shape index (κ2) is 7.47. The molecular weight excluding hydrogens is 266 g/mol. The van der Waals surface area contributed by atoms with E-state index in [0.29, 0.717) is 18.3 Å². The van der Waals surface area contributed by atoms with E-state index in [-0.39, 0.29) is 5.91 Å². The minimum Gasteiger partial charge on any atom is -0.349 e. The van der Waals surface area contributed by atoms with Gasteiger partial charge in [-0.05, 0) is 20.4 Å². The Kier molecular flexibility index (Phi) is 5.64. The van der Waals surface area contributed by atoms with Crippen LogP contribution >= 0.6 is 0 Å². The molecule has 1 aromatic heterocycles. The molecule has 1 saturated heterocycles. The monoisotopic (exact) mass is 291 g/mol. The van der Waals surface area contributed by atoms with Crippen molar-refractivity contribution in [2.75, 3.05) is 39.3 Å². The minimum atomic E-state index is -0.151. The molecule has 6 heteroatoms. The second-order valence-electron chi connectivity index (χ2n) is 5.57. The fraction of sp³-hybridized carbons (Fsp3) is 0.667. The van der Waals surface area contributed by atoms with E-state index in [1.54, 1.807) is 6.20 Å². The SMILES string of the molecule is CCN1CCN(C(C)CNC(=O)c2cnc(C)cn2)CC1. The van der Waals surface area contributed by atoms with Gasteiger partial charge in [0, 0.05) is 45.0 Å². The van der Waals surface area contributed by atoms with Crippen molar-refractivity contribution < 1.29 is 4.79 Å². The third-order valence-corrected chi connectivity index (χ3v) is 4.05. The molecule has 1 atom stereocenters. The molecule has 6 nitrogen and oxygen atoms in total. The lowest BCUT2D eigenvalue weighted by Gasteiger charge is -2.37. The number of hydrogen-bond donors (Lipinski definition) is 1. The number of likely N-dealkylation sites (N-methyl/N-ethyl adjacent to an activating group) is 1. The largest absolute Gasteiger partial charge is 0.349 e. The Balaban J connectivity index is 1.77. The molecule has 21 heavy (non-hydrogen) atoms. The van der Waals surface area contributed by atoms with E-state index in [2.05, 4.69) is 38.9 Å². The fourth-order valence-electron chi connectivity index (χ4n) is 2.49. The first-order chi connectivity index (χ1) is 10.1. The smallest absolute Gasteiger partial charge is 0.271 e. The van der Waals surface area contributed by atoms with Gasteiger partial charge in [-0.25, -0.2) is 4.98 Å². The average Bonchev–Trinajstić information content (AvgIpc) is 2.53. The summed E-state index contributed by atoms with van der Waals surface area (Å²) in [5, 5.41) is 2.94. The molecule has 1 aliphatic rings. The van der Waals surface area contributed by atoms with E-state index in [1.165, 1.54) is 6.20 Å². The number of rotatable bonds is 5. The number of aryl methyl sites for hydroxylation is 1. The number of amides is 1. The van der Waals surface area contributed by atoms with Crippen LogP contribution in [0.15, 0.2) is 12.4 Å². The van der Waals surface area contributed by atoms with E-state index in [4.69, 9.17) is 0 Å². The van der Waals surface area contributed by atoms with Gasteiger partial charge < -0.3 is 10.2 Å². The highest BCUT2D eigenvalue weighted by Crippen LogP contribution is 2.05. The van der Waals surface area contributed by atoms with Gasteiger partial charge in [-0.1, -0.05) is 6.92 Å². The molecule has 0 bridgehead atoms. The molecule has 1 fully saturated rings. The minimum absolute atomic E-state index is 0.151. The van der Waals surface area contributed by atoms with E-state index in [1.807, 2.05) is 6.92 Å². The lowest BCUT2D eigenvalue weighted by molar-refractivity contribution is 0.0878. The first kappa shape index (κ1) is 15.9. The van der Waals surface area contributed by atoms with Crippen LogP contribution in [0.4, 0.5) is 0 Å². The first-order valence-corrected chi connectivity index (χ1v) is 7.63. The number of carbonyl (C=O) groups is 1. The van der Waals surface area contributed by atoms with Crippen molar-refractivity contribution in [1.82, 2.24) is 25.1 Å². The van der Waals surface area contributed by atoms with Gasteiger partial charge in [-0.15, -0.1) is 0 Å². The third kappa shape index (κ3) is 4.47. The summed E-state index contributed by atoms with van der Waals surface area (Å²) in [6, 6.07) is 0.339. The fourth-order valence-corrected chi connectivity index (χ4v) is 2.49. The summed E-state index contributed by atoms with van der Waals surface area (Å²) in [7, 11) is 0. The molecule has 0 saturated carbocycles. The van der Waals surface area contributed by atoms with E-state index in [0.717, 1.165) is 38.4 Å². The normalized spacial score (nSPS) is 18.4. The highest BCUT2D eigenvalue weighted by molar-refractivity contribution is 5.91. The van der Waals surface area contributed by atoms with Gasteiger partial charge in [0.25, 0.3) is 5.91 Å². The summed E-state index contributed by atoms with van der Waals surface area (Å²) in [6.07, 6.45) is 3.14. The van der Waals surface area contributed by atoms with Gasteiger partial charge in [0.1, 0.15) is 5.69 Å². The Morgan fingerprint density at radius 1 is 1.29 bits per heavy atom. The van der Waals surface area contributed by atoms with Crippen molar-refractivity contribution in [3.05, 3.63) is 23.8 Å². The Bertz CT molecular complexity index is 454. The molecular formula is C15H25N5O. The molecule has 1 amide bonds. The second-order valence-corrected chi connectivity index (χ2v) is 5.57. The van der Waals surface area contributed by atoms with Crippen LogP contribution < -0.4 is 5.32 Å². The maximum absolute atomic E-state index is 12.0. The lowest BCUT2D eigenvalue weighted by Crippen LogP contribution is -2.52. The van der Waals surface area contributed by atoms with Crippen molar-refractivity contribution in [3.63, 3.8) is 0 Å². The zero-order valence-electron chi connectivity index (χ0n) is 13.2. The Hall–Kier alpha value is -1.53. The third-order valence-electron chi connectivity index (χ3n) is 4.05. The lowest BCUT2D eigenvalue weighted by atomic mass is 10.2. The zero-order chi connectivity index (χ0) is 15.2. The van der Waals surface area contributed by atoms with Crippen LogP contribution in [-0.4, -0.2) is 71.0 Å². The summed E-state index contributed by atoms with van der Waals surface area (Å²) >= 11 is 0. The molecule has 116 valence electrons. The summed E-state index contributed by atoms with van der Waals surface area (Å²) in [6.45, 7) is 12.3. The van der Waals surface area contributed by atoms with Crippen LogP contribution in [0.25, 0.3) is 0 Å². The number of piperazine rings is 1. The molecule has 0 radical (unpaired) electrons. The summed E-state index contributed by atoms with van der Waals surface area (Å²) in [5.41, 5.74) is 1.19. The number of aromatic nitrogens is 2. The highest BCUT2D eigenvalue weighted by atomic mass is 16.1. The number of hydrogen-bond acceptors (Lipinski definition) is 5. The molecule has 0 aliphatic carbocycles. The Morgan fingerprint density at radius 2 is 2.00 bits per heavy atom. The van der Waals surface area contributed by atoms with Crippen LogP contribution in [0.3, 0.4) is 0 Å². The maximum atomic E-state index is 12.0. The molecule has 1 aromatic rings. The van der Waals surface area contributed by atoms with Gasteiger partial charge >= 0.3 is 0 Å². The van der Waals surface area contributed by atoms with Crippen molar-refractivity contribution >= 4 is 5.91 Å². The van der Waals surface area contributed by atoms with Crippen LogP contribution in [0.1, 0.15) is 30.0 Å². The van der Waals surface area contributed by atoms with Gasteiger partial charge in [-0.2, -0.15) is 0 Å². The van der Waals surface area contributed by atoms with Gasteiger partial charge in [0.2, 0.25) is 0 Å². The topological polar surface area (TPSA) is 61.4 Å². The zero-order valence-corrected chi connectivity index (χ0v) is 13.2. The van der Waals surface area contributed by atoms with Gasteiger partial charge in [0.15, 0.2) is 0 Å². The molecule has 0 aromatic carbocycles. The Labute approximate surface area is 126 Å². The summed E-state index contributed by atoms with van der Waals surface area (Å²) in [5.74, 6) is -0.151. The van der Waals surface area contributed by atoms with E-state index in [9.17, 15) is 4.79 Å². The van der Waals surface area contributed by atoms with Crippen molar-refractivity contribution in [3.8, 4) is 0 Å². The molecule has 2 rings (SSSR count). The summed E-state index contributed by atoms with van der Waals surface area (Å²) in [4.78, 5) is 25.1. The van der Waals surface area contributed by atoms with Gasteiger partial charge in [-0.3, -0.25) is 14.7 Å². The van der Waals surface area contributed by atoms with Crippen LogP contribution in [0, 0.1) is 6.92 Å². The quantitative estimate of drug-likeness (QED) is 0.858. The van der Waals surface area contributed by atoms with Crippen LogP contribution in [-0.2, 0) is 0 Å². The predicted octanol–water partition coefficient (Wildman–Crippen LogP) is 0.541. The number of nitrogens with one attached hydrogen (secondary N) is 1. The van der Waals surface area contributed by atoms with Crippen molar-refractivity contribution in [2.45, 2.75) is 26.8 Å². The molecule has 1 aliphatic heterocycles. The predicted molar refractivity (Wildman–Crippen MR) is 82.3 cm³/mol. The average molecular weight is 291 g/mol. The van der Waals surface area contributed by atoms with Crippen molar-refractivity contribution in [1.29, 1.82) is 0 Å². The standard InChI is InChI=1S/C15H25N5O/c1-4-19-5-7-20(8-6-19)13(3)10-18-15(21)14-11-16-12(2)9-17-14/h9,11,13H,4-8,10H2,1-3H3,(H,18,21). The molecule has 2 heterocycles. The van der Waals surface area contributed by atoms with E-state index < -0.39 is 0 Å². The van der Waals surface area contributed by atoms with Gasteiger partial charge in [0.05, 0.1) is 11.9 Å². The number of nitrogens with zero attached hydrogens (tertiary/aromatic N) is 4. The molecule has 1 unspecified atom stereocenters. The molecule has 0 spiro atoms. The number of carbonyl (C=O) groups excluding carboxylic acids is 1. The Morgan fingerprint density at radius 3 is 2.57 bits per heavy atom. The first-order valence-electron chi connectivity index (χ1n) is 7.63. The molecule has 1 N–H and O–H groups in total. The van der Waals surface area contributed by atoms with Crippen molar-refractivity contribution in [2.24, 2.45) is 0 Å². The van der Waals surface area contributed by atoms with Crippen LogP contribution in [0.5, 0.6) is 0 Å².